The quantitative estimate of drug-likeness (QED) is 0.723. The fourth-order valence-electron chi connectivity index (χ4n) is 1.42. The molecule has 0 amide bonds. The topological polar surface area (TPSA) is 93.6 Å². The maximum atomic E-state index is 5.92. The van der Waals surface area contributed by atoms with E-state index in [-0.39, 0.29) is 0 Å². The molecular formula is C10H9N5OS. The van der Waals surface area contributed by atoms with Gasteiger partial charge in [-0.25, -0.2) is 4.98 Å². The van der Waals surface area contributed by atoms with Crippen LogP contribution in [0.25, 0.3) is 22.4 Å². The summed E-state index contributed by atoms with van der Waals surface area (Å²) >= 11 is 1.49. The molecule has 3 aromatic heterocycles. The Morgan fingerprint density at radius 3 is 3.00 bits per heavy atom. The van der Waals surface area contributed by atoms with Gasteiger partial charge in [-0.15, -0.1) is 11.3 Å². The smallest absolute Gasteiger partial charge is 0.270 e. The van der Waals surface area contributed by atoms with E-state index in [4.69, 9.17) is 10.3 Å². The Morgan fingerprint density at radius 1 is 1.47 bits per heavy atom. The minimum atomic E-state index is 0.423. The first-order valence-electron chi connectivity index (χ1n) is 4.93. The van der Waals surface area contributed by atoms with E-state index in [0.29, 0.717) is 23.2 Å². The number of H-pyrrole nitrogens is 1. The maximum absolute atomic E-state index is 5.92. The van der Waals surface area contributed by atoms with Crippen molar-refractivity contribution < 1.29 is 4.52 Å². The van der Waals surface area contributed by atoms with E-state index in [1.807, 2.05) is 12.3 Å². The van der Waals surface area contributed by atoms with Crippen molar-refractivity contribution in [2.75, 3.05) is 5.73 Å². The van der Waals surface area contributed by atoms with Crippen molar-refractivity contribution in [3.8, 4) is 22.4 Å². The van der Waals surface area contributed by atoms with E-state index in [2.05, 4.69) is 20.1 Å². The molecule has 17 heavy (non-hydrogen) atoms. The summed E-state index contributed by atoms with van der Waals surface area (Å²) in [6.45, 7) is 1.94. The molecule has 0 fully saturated rings. The number of nitrogens with one attached hydrogen (secondary N) is 1. The molecule has 0 aliphatic carbocycles. The highest BCUT2D eigenvalue weighted by molar-refractivity contribution is 7.14. The highest BCUT2D eigenvalue weighted by Gasteiger charge is 2.16. The Bertz CT molecular complexity index is 640. The van der Waals surface area contributed by atoms with Gasteiger partial charge in [-0.3, -0.25) is 0 Å². The lowest BCUT2D eigenvalue weighted by atomic mass is 10.3. The van der Waals surface area contributed by atoms with Crippen LogP contribution < -0.4 is 5.73 Å². The van der Waals surface area contributed by atoms with Crippen LogP contribution in [-0.4, -0.2) is 20.1 Å². The molecule has 0 unspecified atom stereocenters. The van der Waals surface area contributed by atoms with Gasteiger partial charge in [0.25, 0.3) is 5.89 Å². The van der Waals surface area contributed by atoms with E-state index < -0.39 is 0 Å². The lowest BCUT2D eigenvalue weighted by Gasteiger charge is -1.91. The number of hydrogen-bond donors (Lipinski definition) is 2. The molecule has 0 radical (unpaired) electrons. The second-order valence-electron chi connectivity index (χ2n) is 3.52. The van der Waals surface area contributed by atoms with Crippen LogP contribution >= 0.6 is 11.3 Å². The van der Waals surface area contributed by atoms with Gasteiger partial charge >= 0.3 is 0 Å². The monoisotopic (exact) mass is 247 g/mol. The van der Waals surface area contributed by atoms with Crippen molar-refractivity contribution in [2.45, 2.75) is 6.92 Å². The Kier molecular flexibility index (Phi) is 2.19. The van der Waals surface area contributed by atoms with Crippen LogP contribution in [0.2, 0.25) is 0 Å². The Morgan fingerprint density at radius 2 is 2.35 bits per heavy atom. The zero-order chi connectivity index (χ0) is 11.8. The molecule has 0 saturated heterocycles. The van der Waals surface area contributed by atoms with Gasteiger partial charge < -0.3 is 15.2 Å². The standard InChI is InChI=1S/C10H9N5OS/c1-5-4-17-7(6(5)11)10-14-9(15-16-10)8-12-2-3-13-8/h2-4H,11H2,1H3,(H,12,13). The lowest BCUT2D eigenvalue weighted by Crippen LogP contribution is -1.87. The predicted molar refractivity (Wildman–Crippen MR) is 64.3 cm³/mol. The highest BCUT2D eigenvalue weighted by atomic mass is 32.1. The number of aryl methyl sites for hydroxylation is 1. The lowest BCUT2D eigenvalue weighted by molar-refractivity contribution is 0.433. The third-order valence-electron chi connectivity index (χ3n) is 2.35. The number of rotatable bonds is 2. The molecule has 0 aliphatic heterocycles. The first-order chi connectivity index (χ1) is 8.25. The fraction of sp³-hybridized carbons (Fsp3) is 0.100. The van der Waals surface area contributed by atoms with Gasteiger partial charge in [-0.05, 0) is 17.9 Å². The number of imidazole rings is 1. The van der Waals surface area contributed by atoms with Gasteiger partial charge in [0.1, 0.15) is 4.88 Å². The van der Waals surface area contributed by atoms with Crippen molar-refractivity contribution in [3.63, 3.8) is 0 Å². The predicted octanol–water partition coefficient (Wildman–Crippen LogP) is 2.08. The first-order valence-corrected chi connectivity index (χ1v) is 5.81. The molecule has 0 aliphatic rings. The Balaban J connectivity index is 2.04. The summed E-state index contributed by atoms with van der Waals surface area (Å²) in [7, 11) is 0. The number of aromatic nitrogens is 4. The molecule has 0 spiro atoms. The number of anilines is 1. The van der Waals surface area contributed by atoms with E-state index in [9.17, 15) is 0 Å². The molecule has 0 bridgehead atoms. The molecule has 3 N–H and O–H groups in total. The fourth-order valence-corrected chi connectivity index (χ4v) is 2.31. The third-order valence-corrected chi connectivity index (χ3v) is 3.45. The van der Waals surface area contributed by atoms with Crippen LogP contribution in [0.3, 0.4) is 0 Å². The van der Waals surface area contributed by atoms with Gasteiger partial charge in [-0.2, -0.15) is 4.98 Å². The summed E-state index contributed by atoms with van der Waals surface area (Å²) < 4.78 is 5.18. The van der Waals surface area contributed by atoms with Crippen LogP contribution in [0.1, 0.15) is 5.56 Å². The number of hydrogen-bond acceptors (Lipinski definition) is 6. The number of nitrogen functional groups attached to an aromatic ring is 1. The SMILES string of the molecule is Cc1csc(-c2nc(-c3ncc[nH]3)no2)c1N. The zero-order valence-corrected chi connectivity index (χ0v) is 9.78. The van der Waals surface area contributed by atoms with Crippen molar-refractivity contribution in [1.82, 2.24) is 20.1 Å². The molecule has 3 heterocycles. The minimum absolute atomic E-state index is 0.423. The molecule has 7 heteroatoms. The summed E-state index contributed by atoms with van der Waals surface area (Å²) in [6.07, 6.45) is 3.34. The van der Waals surface area contributed by atoms with Crippen LogP contribution in [-0.2, 0) is 0 Å². The second kappa shape index (κ2) is 3.70. The number of nitrogens with zero attached hydrogens (tertiary/aromatic N) is 3. The maximum Gasteiger partial charge on any atom is 0.270 e. The average Bonchev–Trinajstić information content (AvgIpc) is 3.01. The molecule has 86 valence electrons. The Labute approximate surface area is 101 Å². The molecule has 0 atom stereocenters. The van der Waals surface area contributed by atoms with Crippen LogP contribution in [0.5, 0.6) is 0 Å². The zero-order valence-electron chi connectivity index (χ0n) is 8.97. The molecule has 3 rings (SSSR count). The molecular weight excluding hydrogens is 238 g/mol. The van der Waals surface area contributed by atoms with Gasteiger partial charge in [0.05, 0.1) is 5.69 Å². The van der Waals surface area contributed by atoms with Gasteiger partial charge in [-0.1, -0.05) is 5.16 Å². The van der Waals surface area contributed by atoms with Crippen molar-refractivity contribution >= 4 is 17.0 Å². The summed E-state index contributed by atoms with van der Waals surface area (Å²) in [4.78, 5) is 12.0. The summed E-state index contributed by atoms with van der Waals surface area (Å²) in [5.74, 6) is 1.43. The van der Waals surface area contributed by atoms with Crippen LogP contribution in [0.15, 0.2) is 22.3 Å². The van der Waals surface area contributed by atoms with Gasteiger partial charge in [0, 0.05) is 12.4 Å². The number of aromatic amines is 1. The van der Waals surface area contributed by atoms with Crippen LogP contribution in [0.4, 0.5) is 5.69 Å². The summed E-state index contributed by atoms with van der Waals surface area (Å²) in [6, 6.07) is 0. The van der Waals surface area contributed by atoms with Crippen molar-refractivity contribution in [2.24, 2.45) is 0 Å². The van der Waals surface area contributed by atoms with Gasteiger partial charge in [0.15, 0.2) is 5.82 Å². The first kappa shape index (κ1) is 10.0. The molecule has 0 saturated carbocycles. The van der Waals surface area contributed by atoms with E-state index >= 15 is 0 Å². The van der Waals surface area contributed by atoms with E-state index in [1.54, 1.807) is 12.4 Å². The molecule has 6 nitrogen and oxygen atoms in total. The molecule has 0 aromatic carbocycles. The summed E-state index contributed by atoms with van der Waals surface area (Å²) in [5.41, 5.74) is 7.62. The van der Waals surface area contributed by atoms with Gasteiger partial charge in [0.2, 0.25) is 5.82 Å². The van der Waals surface area contributed by atoms with Crippen molar-refractivity contribution in [3.05, 3.63) is 23.3 Å². The normalized spacial score (nSPS) is 10.9. The highest BCUT2D eigenvalue weighted by Crippen LogP contribution is 2.34. The largest absolute Gasteiger partial charge is 0.397 e. The summed E-state index contributed by atoms with van der Waals surface area (Å²) in [5, 5.41) is 5.82. The van der Waals surface area contributed by atoms with Crippen LogP contribution in [0, 0.1) is 6.92 Å². The second-order valence-corrected chi connectivity index (χ2v) is 4.40. The Hall–Kier alpha value is -2.15. The molecule has 3 aromatic rings. The third kappa shape index (κ3) is 1.60. The van der Waals surface area contributed by atoms with E-state index in [1.165, 1.54) is 11.3 Å². The number of nitrogens with two attached hydrogens (primary N) is 1. The van der Waals surface area contributed by atoms with Crippen molar-refractivity contribution in [1.29, 1.82) is 0 Å². The number of thiophene rings is 1. The average molecular weight is 247 g/mol. The minimum Gasteiger partial charge on any atom is -0.397 e. The van der Waals surface area contributed by atoms with E-state index in [0.717, 1.165) is 10.4 Å².